The molecule has 0 spiro atoms. The van der Waals surface area contributed by atoms with Crippen molar-refractivity contribution in [3.8, 4) is 5.75 Å². The number of unbranched alkanes of at least 4 members (excludes halogenated alkanes) is 1. The fraction of sp³-hybridized carbons (Fsp3) is 0.412. The minimum Gasteiger partial charge on any atom is -0.494 e. The first-order chi connectivity index (χ1) is 9.79. The molecule has 0 saturated carbocycles. The number of thiophene rings is 1. The molecule has 20 heavy (non-hydrogen) atoms. The molecule has 2 aromatic rings. The Labute approximate surface area is 125 Å². The molecule has 0 radical (unpaired) electrons. The highest BCUT2D eigenvalue weighted by Gasteiger charge is 2.05. The molecule has 3 heteroatoms. The monoisotopic (exact) mass is 289 g/mol. The van der Waals surface area contributed by atoms with Crippen LogP contribution in [0.3, 0.4) is 0 Å². The summed E-state index contributed by atoms with van der Waals surface area (Å²) in [7, 11) is 0. The van der Waals surface area contributed by atoms with Gasteiger partial charge in [0.1, 0.15) is 5.75 Å². The first-order valence-corrected chi connectivity index (χ1v) is 8.16. The van der Waals surface area contributed by atoms with E-state index in [-0.39, 0.29) is 0 Å². The summed E-state index contributed by atoms with van der Waals surface area (Å²) in [6.07, 6.45) is 2.28. The van der Waals surface area contributed by atoms with E-state index in [4.69, 9.17) is 4.74 Å². The van der Waals surface area contributed by atoms with E-state index in [1.807, 2.05) is 0 Å². The number of ether oxygens (including phenoxy) is 1. The maximum absolute atomic E-state index is 5.67. The molecular formula is C17H23NOS. The van der Waals surface area contributed by atoms with Gasteiger partial charge in [-0.1, -0.05) is 31.5 Å². The van der Waals surface area contributed by atoms with E-state index in [9.17, 15) is 0 Å². The topological polar surface area (TPSA) is 21.3 Å². The van der Waals surface area contributed by atoms with Crippen LogP contribution in [0.5, 0.6) is 5.75 Å². The quantitative estimate of drug-likeness (QED) is 0.706. The van der Waals surface area contributed by atoms with Gasteiger partial charge in [-0.15, -0.1) is 11.3 Å². The Morgan fingerprint density at radius 2 is 2.00 bits per heavy atom. The predicted octanol–water partition coefficient (Wildman–Crippen LogP) is 4.78. The van der Waals surface area contributed by atoms with Crippen molar-refractivity contribution in [3.63, 3.8) is 0 Å². The van der Waals surface area contributed by atoms with Crippen LogP contribution in [0.25, 0.3) is 0 Å². The highest BCUT2D eigenvalue weighted by Crippen LogP contribution is 2.19. The smallest absolute Gasteiger partial charge is 0.119 e. The van der Waals surface area contributed by atoms with E-state index in [2.05, 4.69) is 60.9 Å². The van der Waals surface area contributed by atoms with E-state index in [1.165, 1.54) is 16.9 Å². The number of benzene rings is 1. The molecule has 0 saturated heterocycles. The third-order valence-corrected chi connectivity index (χ3v) is 4.33. The molecule has 2 rings (SSSR count). The minimum atomic E-state index is 0.399. The van der Waals surface area contributed by atoms with E-state index < -0.39 is 0 Å². The van der Waals surface area contributed by atoms with Gasteiger partial charge in [0, 0.05) is 17.5 Å². The summed E-state index contributed by atoms with van der Waals surface area (Å²) in [6.45, 7) is 6.07. The van der Waals surface area contributed by atoms with Crippen molar-refractivity contribution in [3.05, 3.63) is 52.2 Å². The second-order valence-corrected chi connectivity index (χ2v) is 5.94. The van der Waals surface area contributed by atoms with Crippen molar-refractivity contribution in [2.45, 2.75) is 39.3 Å². The van der Waals surface area contributed by atoms with Gasteiger partial charge in [-0.25, -0.2) is 0 Å². The number of hydrogen-bond donors (Lipinski definition) is 1. The fourth-order valence-electron chi connectivity index (χ4n) is 1.95. The Kier molecular flexibility index (Phi) is 6.09. The van der Waals surface area contributed by atoms with Crippen molar-refractivity contribution in [2.24, 2.45) is 0 Å². The number of nitrogens with one attached hydrogen (secondary N) is 1. The molecule has 2 nitrogen and oxygen atoms in total. The zero-order valence-corrected chi connectivity index (χ0v) is 13.1. The third kappa shape index (κ3) is 4.66. The summed E-state index contributed by atoms with van der Waals surface area (Å²) in [4.78, 5) is 1.38. The second kappa shape index (κ2) is 8.08. The lowest BCUT2D eigenvalue weighted by Gasteiger charge is -2.12. The van der Waals surface area contributed by atoms with Crippen molar-refractivity contribution < 1.29 is 4.74 Å². The van der Waals surface area contributed by atoms with E-state index >= 15 is 0 Å². The van der Waals surface area contributed by atoms with Gasteiger partial charge in [-0.3, -0.25) is 0 Å². The van der Waals surface area contributed by atoms with Gasteiger partial charge < -0.3 is 10.1 Å². The zero-order valence-electron chi connectivity index (χ0n) is 12.3. The summed E-state index contributed by atoms with van der Waals surface area (Å²) in [5.41, 5.74) is 1.29. The van der Waals surface area contributed by atoms with Gasteiger partial charge in [0.15, 0.2) is 0 Å². The molecule has 0 fully saturated rings. The van der Waals surface area contributed by atoms with Crippen molar-refractivity contribution in [2.75, 3.05) is 6.61 Å². The van der Waals surface area contributed by atoms with Gasteiger partial charge in [-0.05, 0) is 42.5 Å². The van der Waals surface area contributed by atoms with E-state index in [1.54, 1.807) is 11.3 Å². The van der Waals surface area contributed by atoms with Crippen molar-refractivity contribution in [1.29, 1.82) is 0 Å². The standard InChI is InChI=1S/C17H23NOS/c1-3-4-11-19-16-9-7-15(8-10-16)13-18-14(2)17-6-5-12-20-17/h5-10,12,14,18H,3-4,11,13H2,1-2H3/t14-/m1/s1. The summed E-state index contributed by atoms with van der Waals surface area (Å²) in [5.74, 6) is 0.966. The third-order valence-electron chi connectivity index (χ3n) is 3.27. The highest BCUT2D eigenvalue weighted by atomic mass is 32.1. The molecule has 0 aliphatic rings. The first-order valence-electron chi connectivity index (χ1n) is 7.28. The van der Waals surface area contributed by atoms with Crippen LogP contribution < -0.4 is 10.1 Å². The molecule has 0 amide bonds. The Hall–Kier alpha value is -1.32. The van der Waals surface area contributed by atoms with Crippen LogP contribution in [0.4, 0.5) is 0 Å². The van der Waals surface area contributed by atoms with Crippen molar-refractivity contribution >= 4 is 11.3 Å². The largest absolute Gasteiger partial charge is 0.494 e. The van der Waals surface area contributed by atoms with Crippen LogP contribution in [0, 0.1) is 0 Å². The molecular weight excluding hydrogens is 266 g/mol. The van der Waals surface area contributed by atoms with Crippen LogP contribution >= 0.6 is 11.3 Å². The van der Waals surface area contributed by atoms with E-state index in [0.717, 1.165) is 25.3 Å². The SMILES string of the molecule is CCCCOc1ccc(CN[C@H](C)c2cccs2)cc1. The van der Waals surface area contributed by atoms with E-state index in [0.29, 0.717) is 6.04 Å². The lowest BCUT2D eigenvalue weighted by molar-refractivity contribution is 0.309. The van der Waals surface area contributed by atoms with Crippen molar-refractivity contribution in [1.82, 2.24) is 5.32 Å². The van der Waals surface area contributed by atoms with Gasteiger partial charge in [-0.2, -0.15) is 0 Å². The molecule has 0 aliphatic heterocycles. The van der Waals surface area contributed by atoms with Crippen LogP contribution in [-0.4, -0.2) is 6.61 Å². The summed E-state index contributed by atoms with van der Waals surface area (Å²) >= 11 is 1.80. The van der Waals surface area contributed by atoms with Crippen LogP contribution in [0.1, 0.15) is 43.2 Å². The normalized spacial score (nSPS) is 12.3. The molecule has 1 aromatic heterocycles. The maximum Gasteiger partial charge on any atom is 0.119 e. The summed E-state index contributed by atoms with van der Waals surface area (Å²) in [6, 6.07) is 13.1. The summed E-state index contributed by atoms with van der Waals surface area (Å²) < 4.78 is 5.67. The molecule has 108 valence electrons. The Bertz CT molecular complexity index is 478. The Balaban J connectivity index is 1.78. The highest BCUT2D eigenvalue weighted by molar-refractivity contribution is 7.10. The average Bonchev–Trinajstić information content (AvgIpc) is 3.01. The Morgan fingerprint density at radius 3 is 2.65 bits per heavy atom. The molecule has 1 atom stereocenters. The number of hydrogen-bond acceptors (Lipinski definition) is 3. The second-order valence-electron chi connectivity index (χ2n) is 4.96. The number of rotatable bonds is 8. The van der Waals surface area contributed by atoms with Gasteiger partial charge in [0.05, 0.1) is 6.61 Å². The maximum atomic E-state index is 5.67. The molecule has 0 bridgehead atoms. The minimum absolute atomic E-state index is 0.399. The Morgan fingerprint density at radius 1 is 1.20 bits per heavy atom. The lowest BCUT2D eigenvalue weighted by atomic mass is 10.2. The summed E-state index contributed by atoms with van der Waals surface area (Å²) in [5, 5.41) is 5.66. The lowest BCUT2D eigenvalue weighted by Crippen LogP contribution is -2.17. The zero-order chi connectivity index (χ0) is 14.2. The van der Waals surface area contributed by atoms with Gasteiger partial charge >= 0.3 is 0 Å². The average molecular weight is 289 g/mol. The predicted molar refractivity (Wildman–Crippen MR) is 86.4 cm³/mol. The molecule has 0 aliphatic carbocycles. The van der Waals surface area contributed by atoms with Crippen LogP contribution in [0.15, 0.2) is 41.8 Å². The molecule has 1 aromatic carbocycles. The molecule has 1 heterocycles. The molecule has 0 unspecified atom stereocenters. The van der Waals surface area contributed by atoms with Crippen LogP contribution in [0.2, 0.25) is 0 Å². The first kappa shape index (κ1) is 15.1. The van der Waals surface area contributed by atoms with Crippen LogP contribution in [-0.2, 0) is 6.54 Å². The molecule has 1 N–H and O–H groups in total. The van der Waals surface area contributed by atoms with Gasteiger partial charge in [0.25, 0.3) is 0 Å². The van der Waals surface area contributed by atoms with Gasteiger partial charge in [0.2, 0.25) is 0 Å². The fourth-order valence-corrected chi connectivity index (χ4v) is 2.71.